The average Bonchev–Trinajstić information content (AvgIpc) is 2.70. The molecule has 2 aromatic rings. The molecule has 4 heteroatoms. The van der Waals surface area contributed by atoms with Crippen molar-refractivity contribution in [1.29, 1.82) is 0 Å². The van der Waals surface area contributed by atoms with E-state index in [1.165, 1.54) is 69.7 Å². The minimum absolute atomic E-state index is 0.666. The van der Waals surface area contributed by atoms with E-state index in [1.807, 2.05) is 6.07 Å². The monoisotopic (exact) mass is 354 g/mol. The smallest absolute Gasteiger partial charge is 0.139 e. The Hall–Kier alpha value is -1.68. The first kappa shape index (κ1) is 19.1. The van der Waals surface area contributed by atoms with Crippen LogP contribution in [0.2, 0.25) is 0 Å². The summed E-state index contributed by atoms with van der Waals surface area (Å²) < 4.78 is 0. The highest BCUT2D eigenvalue weighted by molar-refractivity contribution is 5.89. The Morgan fingerprint density at radius 1 is 0.962 bits per heavy atom. The number of rotatable bonds is 10. The Balaban J connectivity index is 1.37. The first-order chi connectivity index (χ1) is 12.9. The zero-order valence-corrected chi connectivity index (χ0v) is 16.3. The number of para-hydroxylation sites is 1. The van der Waals surface area contributed by atoms with Gasteiger partial charge in [-0.3, -0.25) is 0 Å². The lowest BCUT2D eigenvalue weighted by atomic mass is 10.0. The molecule has 0 radical (unpaired) electrons. The van der Waals surface area contributed by atoms with E-state index >= 15 is 0 Å². The van der Waals surface area contributed by atoms with E-state index in [4.69, 9.17) is 0 Å². The van der Waals surface area contributed by atoms with Gasteiger partial charge in [-0.15, -0.1) is 0 Å². The topological polar surface area (TPSA) is 41.0 Å². The summed E-state index contributed by atoms with van der Waals surface area (Å²) in [5, 5.41) is 4.94. The Labute approximate surface area is 158 Å². The number of nitrogens with one attached hydrogen (secondary N) is 1. The minimum Gasteiger partial charge on any atom is -0.356 e. The van der Waals surface area contributed by atoms with Crippen molar-refractivity contribution in [2.75, 3.05) is 24.5 Å². The van der Waals surface area contributed by atoms with Gasteiger partial charge in [0.25, 0.3) is 0 Å². The van der Waals surface area contributed by atoms with Crippen molar-refractivity contribution in [3.05, 3.63) is 30.6 Å². The van der Waals surface area contributed by atoms with E-state index in [0.717, 1.165) is 24.4 Å². The van der Waals surface area contributed by atoms with E-state index in [2.05, 4.69) is 45.3 Å². The summed E-state index contributed by atoms with van der Waals surface area (Å²) in [6.45, 7) is 5.61. The molecule has 4 nitrogen and oxygen atoms in total. The summed E-state index contributed by atoms with van der Waals surface area (Å²) in [6.07, 6.45) is 13.8. The Kier molecular flexibility index (Phi) is 7.68. The molecule has 1 saturated heterocycles. The molecule has 0 amide bonds. The van der Waals surface area contributed by atoms with E-state index in [-0.39, 0.29) is 0 Å². The third-order valence-electron chi connectivity index (χ3n) is 5.53. The molecule has 1 N–H and O–H groups in total. The lowest BCUT2D eigenvalue weighted by Gasteiger charge is -2.33. The second-order valence-corrected chi connectivity index (χ2v) is 7.55. The standard InChI is InChI=1S/C22H34N4/c1-2-3-4-5-6-7-10-15-23-19-13-16-26(17-14-19)22-20-11-8-9-12-21(20)24-18-25-22/h8-9,11-12,18-19,23H,2-7,10,13-17H2,1H3. The number of piperidine rings is 1. The minimum atomic E-state index is 0.666. The number of nitrogens with zero attached hydrogens (tertiary/aromatic N) is 3. The number of hydrogen-bond donors (Lipinski definition) is 1. The quantitative estimate of drug-likeness (QED) is 0.614. The van der Waals surface area contributed by atoms with Crippen molar-refractivity contribution in [2.24, 2.45) is 0 Å². The van der Waals surface area contributed by atoms with Crippen LogP contribution in [0.25, 0.3) is 10.9 Å². The first-order valence-corrected chi connectivity index (χ1v) is 10.6. The molecular weight excluding hydrogens is 320 g/mol. The summed E-state index contributed by atoms with van der Waals surface area (Å²) in [7, 11) is 0. The van der Waals surface area contributed by atoms with Gasteiger partial charge in [0.2, 0.25) is 0 Å². The highest BCUT2D eigenvalue weighted by atomic mass is 15.2. The van der Waals surface area contributed by atoms with Gasteiger partial charge in [0, 0.05) is 24.5 Å². The maximum Gasteiger partial charge on any atom is 0.139 e. The number of benzene rings is 1. The third kappa shape index (κ3) is 5.41. The molecule has 142 valence electrons. The van der Waals surface area contributed by atoms with Crippen LogP contribution in [-0.2, 0) is 0 Å². The zero-order chi connectivity index (χ0) is 18.0. The van der Waals surface area contributed by atoms with Crippen molar-refractivity contribution in [3.8, 4) is 0 Å². The van der Waals surface area contributed by atoms with Crippen LogP contribution in [0.15, 0.2) is 30.6 Å². The summed E-state index contributed by atoms with van der Waals surface area (Å²) >= 11 is 0. The van der Waals surface area contributed by atoms with Crippen molar-refractivity contribution in [3.63, 3.8) is 0 Å². The molecule has 0 spiro atoms. The number of fused-ring (bicyclic) bond motifs is 1. The lowest BCUT2D eigenvalue weighted by molar-refractivity contribution is 0.407. The van der Waals surface area contributed by atoms with Crippen LogP contribution in [0.3, 0.4) is 0 Å². The molecule has 26 heavy (non-hydrogen) atoms. The molecule has 1 fully saturated rings. The predicted octanol–water partition coefficient (Wildman–Crippen LogP) is 4.94. The van der Waals surface area contributed by atoms with Gasteiger partial charge in [0.15, 0.2) is 0 Å². The normalized spacial score (nSPS) is 15.7. The molecule has 3 rings (SSSR count). The number of anilines is 1. The van der Waals surface area contributed by atoms with Crippen LogP contribution in [0.4, 0.5) is 5.82 Å². The molecule has 1 aromatic carbocycles. The van der Waals surface area contributed by atoms with Crippen LogP contribution < -0.4 is 10.2 Å². The van der Waals surface area contributed by atoms with Crippen molar-refractivity contribution >= 4 is 16.7 Å². The Morgan fingerprint density at radius 3 is 2.50 bits per heavy atom. The largest absolute Gasteiger partial charge is 0.356 e. The van der Waals surface area contributed by atoms with Gasteiger partial charge in [0.1, 0.15) is 12.1 Å². The average molecular weight is 355 g/mol. The van der Waals surface area contributed by atoms with E-state index in [0.29, 0.717) is 6.04 Å². The summed E-state index contributed by atoms with van der Waals surface area (Å²) in [5.74, 6) is 1.10. The highest BCUT2D eigenvalue weighted by Crippen LogP contribution is 2.25. The number of unbranched alkanes of at least 4 members (excludes halogenated alkanes) is 6. The number of hydrogen-bond acceptors (Lipinski definition) is 4. The Bertz CT molecular complexity index is 644. The predicted molar refractivity (Wildman–Crippen MR) is 111 cm³/mol. The van der Waals surface area contributed by atoms with E-state index in [9.17, 15) is 0 Å². The van der Waals surface area contributed by atoms with Gasteiger partial charge in [-0.25, -0.2) is 9.97 Å². The molecule has 1 aliphatic rings. The highest BCUT2D eigenvalue weighted by Gasteiger charge is 2.21. The van der Waals surface area contributed by atoms with Crippen LogP contribution in [-0.4, -0.2) is 35.6 Å². The summed E-state index contributed by atoms with van der Waals surface area (Å²) in [5.41, 5.74) is 1.04. The van der Waals surface area contributed by atoms with Crippen LogP contribution >= 0.6 is 0 Å². The fourth-order valence-corrected chi connectivity index (χ4v) is 3.93. The second-order valence-electron chi connectivity index (χ2n) is 7.55. The fourth-order valence-electron chi connectivity index (χ4n) is 3.93. The first-order valence-electron chi connectivity index (χ1n) is 10.6. The number of aromatic nitrogens is 2. The maximum atomic E-state index is 4.57. The van der Waals surface area contributed by atoms with Gasteiger partial charge >= 0.3 is 0 Å². The molecule has 0 atom stereocenters. The van der Waals surface area contributed by atoms with Crippen molar-refractivity contribution in [2.45, 2.75) is 70.8 Å². The van der Waals surface area contributed by atoms with Crippen LogP contribution in [0, 0.1) is 0 Å². The zero-order valence-electron chi connectivity index (χ0n) is 16.3. The third-order valence-corrected chi connectivity index (χ3v) is 5.53. The van der Waals surface area contributed by atoms with Crippen molar-refractivity contribution in [1.82, 2.24) is 15.3 Å². The molecule has 0 saturated carbocycles. The molecule has 1 aliphatic heterocycles. The van der Waals surface area contributed by atoms with E-state index < -0.39 is 0 Å². The second kappa shape index (κ2) is 10.5. The molecule has 0 unspecified atom stereocenters. The molecule has 1 aromatic heterocycles. The van der Waals surface area contributed by atoms with Gasteiger partial charge in [-0.05, 0) is 37.9 Å². The summed E-state index contributed by atoms with van der Waals surface area (Å²) in [6, 6.07) is 8.98. The van der Waals surface area contributed by atoms with Gasteiger partial charge in [-0.2, -0.15) is 0 Å². The fraction of sp³-hybridized carbons (Fsp3) is 0.636. The molecular formula is C22H34N4. The van der Waals surface area contributed by atoms with Crippen LogP contribution in [0.5, 0.6) is 0 Å². The van der Waals surface area contributed by atoms with Gasteiger partial charge in [-0.1, -0.05) is 57.6 Å². The molecule has 0 bridgehead atoms. The van der Waals surface area contributed by atoms with Crippen LogP contribution in [0.1, 0.15) is 64.7 Å². The SMILES string of the molecule is CCCCCCCCCNC1CCN(c2ncnc3ccccc23)CC1. The summed E-state index contributed by atoms with van der Waals surface area (Å²) in [4.78, 5) is 11.4. The molecule has 2 heterocycles. The molecule has 0 aliphatic carbocycles. The van der Waals surface area contributed by atoms with E-state index in [1.54, 1.807) is 6.33 Å². The van der Waals surface area contributed by atoms with Gasteiger partial charge in [0.05, 0.1) is 5.52 Å². The lowest BCUT2D eigenvalue weighted by Crippen LogP contribution is -2.43. The van der Waals surface area contributed by atoms with Gasteiger partial charge < -0.3 is 10.2 Å². The van der Waals surface area contributed by atoms with Crippen molar-refractivity contribution < 1.29 is 0 Å². The Morgan fingerprint density at radius 2 is 1.69 bits per heavy atom. The maximum absolute atomic E-state index is 4.57.